The van der Waals surface area contributed by atoms with Crippen molar-refractivity contribution in [3.05, 3.63) is 71.5 Å². The highest BCUT2D eigenvalue weighted by molar-refractivity contribution is 5.78. The minimum atomic E-state index is 0.00602. The number of nitrogens with one attached hydrogen (secondary N) is 1. The zero-order valence-corrected chi connectivity index (χ0v) is 12.0. The van der Waals surface area contributed by atoms with Crippen molar-refractivity contribution in [2.45, 2.75) is 19.4 Å². The number of aromatic nitrogens is 2. The van der Waals surface area contributed by atoms with Gasteiger partial charge in [0.25, 0.3) is 0 Å². The summed E-state index contributed by atoms with van der Waals surface area (Å²) in [5, 5.41) is 0. The number of fused-ring (bicyclic) bond motifs is 1. The first-order chi connectivity index (χ1) is 10.3. The smallest absolute Gasteiger partial charge is 0.0935 e. The van der Waals surface area contributed by atoms with E-state index in [1.165, 1.54) is 11.1 Å². The van der Waals surface area contributed by atoms with Gasteiger partial charge in [0.15, 0.2) is 0 Å². The molecule has 0 saturated heterocycles. The molecule has 2 aromatic carbocycles. The summed E-state index contributed by atoms with van der Waals surface area (Å²) in [7, 11) is 0. The van der Waals surface area contributed by atoms with Gasteiger partial charge in [0.05, 0.1) is 17.1 Å². The van der Waals surface area contributed by atoms with E-state index >= 15 is 0 Å². The summed E-state index contributed by atoms with van der Waals surface area (Å²) >= 11 is 0. The molecule has 0 aliphatic heterocycles. The van der Waals surface area contributed by atoms with E-state index in [2.05, 4.69) is 46.6 Å². The summed E-state index contributed by atoms with van der Waals surface area (Å²) in [4.78, 5) is 8.81. The molecule has 0 bridgehead atoms. The molecule has 0 saturated carbocycles. The number of nitrogens with two attached hydrogens (primary N) is 1. The normalized spacial score (nSPS) is 12.5. The van der Waals surface area contributed by atoms with E-state index < -0.39 is 0 Å². The van der Waals surface area contributed by atoms with Crippen molar-refractivity contribution in [1.29, 1.82) is 0 Å². The summed E-state index contributed by atoms with van der Waals surface area (Å²) in [5.41, 5.74) is 8.33. The largest absolute Gasteiger partial charge is 0.271 e. The lowest BCUT2D eigenvalue weighted by Gasteiger charge is -2.18. The molecule has 1 aromatic heterocycles. The van der Waals surface area contributed by atoms with Gasteiger partial charge in [-0.15, -0.1) is 0 Å². The Bertz CT molecular complexity index is 749. The second-order valence-electron chi connectivity index (χ2n) is 5.12. The van der Waals surface area contributed by atoms with E-state index in [1.54, 1.807) is 12.4 Å². The minimum absolute atomic E-state index is 0.00602. The molecule has 1 heterocycles. The molecule has 0 fully saturated rings. The monoisotopic (exact) mass is 278 g/mol. The molecular formula is C17H18N4. The summed E-state index contributed by atoms with van der Waals surface area (Å²) in [6.45, 7) is 2.12. The summed E-state index contributed by atoms with van der Waals surface area (Å²) in [6, 6.07) is 14.4. The van der Waals surface area contributed by atoms with Crippen molar-refractivity contribution in [1.82, 2.24) is 15.4 Å². The second-order valence-corrected chi connectivity index (χ2v) is 5.12. The third-order valence-corrected chi connectivity index (χ3v) is 3.79. The fourth-order valence-electron chi connectivity index (χ4n) is 2.61. The van der Waals surface area contributed by atoms with E-state index in [4.69, 9.17) is 5.84 Å². The minimum Gasteiger partial charge on any atom is -0.271 e. The van der Waals surface area contributed by atoms with E-state index in [1.807, 2.05) is 18.2 Å². The molecule has 0 amide bonds. The maximum Gasteiger partial charge on any atom is 0.0935 e. The van der Waals surface area contributed by atoms with Crippen LogP contribution in [0.3, 0.4) is 0 Å². The Labute approximate surface area is 124 Å². The fraction of sp³-hybridized carbons (Fsp3) is 0.176. The van der Waals surface area contributed by atoms with Crippen molar-refractivity contribution in [3.63, 3.8) is 0 Å². The van der Waals surface area contributed by atoms with Crippen LogP contribution in [0.25, 0.3) is 11.0 Å². The number of hydrogen-bond donors (Lipinski definition) is 2. The number of rotatable bonds is 4. The second kappa shape index (κ2) is 5.99. The molecule has 106 valence electrons. The van der Waals surface area contributed by atoms with Gasteiger partial charge in [-0.05, 0) is 36.1 Å². The molecule has 3 aromatic rings. The van der Waals surface area contributed by atoms with Crippen LogP contribution >= 0.6 is 0 Å². The molecule has 0 aliphatic rings. The quantitative estimate of drug-likeness (QED) is 0.569. The van der Waals surface area contributed by atoms with E-state index in [-0.39, 0.29) is 6.04 Å². The first kappa shape index (κ1) is 13.7. The number of benzene rings is 2. The van der Waals surface area contributed by atoms with Crippen LogP contribution in [0.4, 0.5) is 0 Å². The van der Waals surface area contributed by atoms with Crippen molar-refractivity contribution in [3.8, 4) is 0 Å². The molecule has 3 rings (SSSR count). The highest BCUT2D eigenvalue weighted by Crippen LogP contribution is 2.24. The van der Waals surface area contributed by atoms with Crippen molar-refractivity contribution < 1.29 is 0 Å². The summed E-state index contributed by atoms with van der Waals surface area (Å²) in [6.07, 6.45) is 4.24. The Hall–Kier alpha value is -2.30. The summed E-state index contributed by atoms with van der Waals surface area (Å²) < 4.78 is 0. The lowest BCUT2D eigenvalue weighted by molar-refractivity contribution is 0.553. The predicted octanol–water partition coefficient (Wildman–Crippen LogP) is 2.69. The van der Waals surface area contributed by atoms with Gasteiger partial charge in [0.1, 0.15) is 0 Å². The molecule has 0 spiro atoms. The number of nitrogens with zero attached hydrogens (tertiary/aromatic N) is 2. The molecule has 4 heteroatoms. The van der Waals surface area contributed by atoms with Gasteiger partial charge in [-0.2, -0.15) is 0 Å². The zero-order chi connectivity index (χ0) is 14.7. The van der Waals surface area contributed by atoms with Gasteiger partial charge in [0, 0.05) is 12.4 Å². The Morgan fingerprint density at radius 3 is 2.67 bits per heavy atom. The van der Waals surface area contributed by atoms with Crippen LogP contribution in [0, 0.1) is 6.92 Å². The molecule has 1 atom stereocenters. The Balaban J connectivity index is 2.01. The van der Waals surface area contributed by atoms with Gasteiger partial charge >= 0.3 is 0 Å². The van der Waals surface area contributed by atoms with Crippen LogP contribution in [0.15, 0.2) is 54.9 Å². The van der Waals surface area contributed by atoms with Crippen LogP contribution in [-0.2, 0) is 6.42 Å². The number of aryl methyl sites for hydroxylation is 1. The zero-order valence-electron chi connectivity index (χ0n) is 12.0. The number of hydrogen-bond acceptors (Lipinski definition) is 4. The highest BCUT2D eigenvalue weighted by Gasteiger charge is 2.15. The van der Waals surface area contributed by atoms with Gasteiger partial charge in [-0.3, -0.25) is 21.2 Å². The SMILES string of the molecule is Cc1ccccc1CC(NN)c1cccc2nccnc12. The molecule has 4 nitrogen and oxygen atoms in total. The van der Waals surface area contributed by atoms with Gasteiger partial charge in [-0.1, -0.05) is 36.4 Å². The number of hydrazine groups is 1. The highest BCUT2D eigenvalue weighted by atomic mass is 15.2. The maximum absolute atomic E-state index is 5.80. The maximum atomic E-state index is 5.80. The molecule has 21 heavy (non-hydrogen) atoms. The van der Waals surface area contributed by atoms with Gasteiger partial charge in [0.2, 0.25) is 0 Å². The average Bonchev–Trinajstić information content (AvgIpc) is 2.54. The van der Waals surface area contributed by atoms with Crippen LogP contribution in [-0.4, -0.2) is 9.97 Å². The number of para-hydroxylation sites is 1. The fourth-order valence-corrected chi connectivity index (χ4v) is 2.61. The van der Waals surface area contributed by atoms with Crippen LogP contribution in [0.1, 0.15) is 22.7 Å². The van der Waals surface area contributed by atoms with Crippen molar-refractivity contribution in [2.24, 2.45) is 5.84 Å². The third kappa shape index (κ3) is 2.77. The van der Waals surface area contributed by atoms with E-state index in [9.17, 15) is 0 Å². The summed E-state index contributed by atoms with van der Waals surface area (Å²) in [5.74, 6) is 5.80. The average molecular weight is 278 g/mol. The molecule has 0 radical (unpaired) electrons. The van der Waals surface area contributed by atoms with Crippen molar-refractivity contribution in [2.75, 3.05) is 0 Å². The van der Waals surface area contributed by atoms with Gasteiger partial charge in [-0.25, -0.2) is 0 Å². The molecular weight excluding hydrogens is 260 g/mol. The molecule has 3 N–H and O–H groups in total. The molecule has 0 aliphatic carbocycles. The Morgan fingerprint density at radius 1 is 1.05 bits per heavy atom. The first-order valence-corrected chi connectivity index (χ1v) is 7.00. The first-order valence-electron chi connectivity index (χ1n) is 7.00. The van der Waals surface area contributed by atoms with E-state index in [0.717, 1.165) is 23.0 Å². The van der Waals surface area contributed by atoms with E-state index in [0.29, 0.717) is 0 Å². The van der Waals surface area contributed by atoms with Crippen LogP contribution < -0.4 is 11.3 Å². The Kier molecular flexibility index (Phi) is 3.90. The topological polar surface area (TPSA) is 63.8 Å². The lowest BCUT2D eigenvalue weighted by Crippen LogP contribution is -2.30. The third-order valence-electron chi connectivity index (χ3n) is 3.79. The lowest BCUT2D eigenvalue weighted by atomic mass is 9.95. The van der Waals surface area contributed by atoms with Crippen LogP contribution in [0.5, 0.6) is 0 Å². The predicted molar refractivity (Wildman–Crippen MR) is 84.5 cm³/mol. The molecule has 1 unspecified atom stereocenters. The van der Waals surface area contributed by atoms with Crippen LogP contribution in [0.2, 0.25) is 0 Å². The van der Waals surface area contributed by atoms with Crippen molar-refractivity contribution >= 4 is 11.0 Å². The van der Waals surface area contributed by atoms with Gasteiger partial charge < -0.3 is 0 Å². The standard InChI is InChI=1S/C17H18N4/c1-12-5-2-3-6-13(12)11-16(21-18)14-7-4-8-15-17(14)20-10-9-19-15/h2-10,16,21H,11,18H2,1H3. The Morgan fingerprint density at radius 2 is 1.86 bits per heavy atom.